The van der Waals surface area contributed by atoms with Gasteiger partial charge in [0.25, 0.3) is 17.7 Å². The Kier molecular flexibility index (Phi) is 5.16. The molecule has 0 bridgehead atoms. The molecule has 1 aliphatic heterocycles. The van der Waals surface area contributed by atoms with Gasteiger partial charge >= 0.3 is 5.97 Å². The third-order valence-corrected chi connectivity index (χ3v) is 3.95. The number of hydrogen-bond donors (Lipinski definition) is 1. The number of carbonyl (C=O) groups excluding carboxylic acids is 4. The third-order valence-electron chi connectivity index (χ3n) is 3.95. The molecule has 0 saturated carbocycles. The molecule has 2 aromatic carbocycles. The van der Waals surface area contributed by atoms with Crippen molar-refractivity contribution >= 4 is 23.7 Å². The largest absolute Gasteiger partial charge is 0.481 e. The highest BCUT2D eigenvalue weighted by Gasteiger charge is 2.34. The maximum Gasteiger partial charge on any atom is 0.344 e. The van der Waals surface area contributed by atoms with Gasteiger partial charge in [-0.1, -0.05) is 24.3 Å². The first kappa shape index (κ1) is 18.1. The van der Waals surface area contributed by atoms with Gasteiger partial charge in [-0.3, -0.25) is 19.3 Å². The minimum absolute atomic E-state index is 0.0596. The molecule has 3 rings (SSSR count). The quantitative estimate of drug-likeness (QED) is 0.576. The van der Waals surface area contributed by atoms with Crippen molar-refractivity contribution in [3.8, 4) is 5.75 Å². The van der Waals surface area contributed by atoms with E-state index in [2.05, 4.69) is 0 Å². The lowest BCUT2D eigenvalue weighted by molar-refractivity contribution is -0.146. The summed E-state index contributed by atoms with van der Waals surface area (Å²) in [5, 5.41) is 0. The van der Waals surface area contributed by atoms with Gasteiger partial charge in [-0.2, -0.15) is 0 Å². The molecular weight excluding hydrogens is 352 g/mol. The van der Waals surface area contributed by atoms with Crippen LogP contribution >= 0.6 is 0 Å². The zero-order chi connectivity index (χ0) is 19.4. The van der Waals surface area contributed by atoms with Crippen LogP contribution in [0.2, 0.25) is 0 Å². The fourth-order valence-electron chi connectivity index (χ4n) is 2.67. The van der Waals surface area contributed by atoms with E-state index in [1.54, 1.807) is 36.4 Å². The van der Waals surface area contributed by atoms with Crippen LogP contribution in [0.3, 0.4) is 0 Å². The normalized spacial score (nSPS) is 12.7. The van der Waals surface area contributed by atoms with E-state index >= 15 is 0 Å². The Bertz CT molecular complexity index is 889. The summed E-state index contributed by atoms with van der Waals surface area (Å²) in [5.41, 5.74) is 6.05. The van der Waals surface area contributed by atoms with Gasteiger partial charge in [0.15, 0.2) is 6.61 Å². The Morgan fingerprint density at radius 2 is 1.52 bits per heavy atom. The van der Waals surface area contributed by atoms with Crippen LogP contribution in [-0.2, 0) is 9.53 Å². The van der Waals surface area contributed by atoms with Crippen molar-refractivity contribution in [2.45, 2.75) is 0 Å². The molecule has 3 amide bonds. The summed E-state index contributed by atoms with van der Waals surface area (Å²) < 4.78 is 10.2. The standard InChI is InChI=1S/C19H16N2O6/c20-17(23)14-7-3-4-8-15(14)27-11-16(22)26-10-9-21-18(24)12-5-1-2-6-13(12)19(21)25/h1-8H,9-11H2,(H2,20,23). The van der Waals surface area contributed by atoms with E-state index in [9.17, 15) is 19.2 Å². The number of nitrogens with two attached hydrogens (primary N) is 1. The number of benzene rings is 2. The highest BCUT2D eigenvalue weighted by Crippen LogP contribution is 2.22. The molecule has 0 fully saturated rings. The first-order valence-corrected chi connectivity index (χ1v) is 8.11. The number of para-hydroxylation sites is 1. The molecular formula is C19H16N2O6. The number of ether oxygens (including phenoxy) is 2. The van der Waals surface area contributed by atoms with Gasteiger partial charge in [0, 0.05) is 0 Å². The molecule has 8 nitrogen and oxygen atoms in total. The first-order chi connectivity index (χ1) is 13.0. The van der Waals surface area contributed by atoms with Crippen LogP contribution in [0, 0.1) is 0 Å². The predicted molar refractivity (Wildman–Crippen MR) is 93.2 cm³/mol. The first-order valence-electron chi connectivity index (χ1n) is 8.11. The topological polar surface area (TPSA) is 116 Å². The molecule has 0 atom stereocenters. The zero-order valence-corrected chi connectivity index (χ0v) is 14.2. The Labute approximate surface area is 154 Å². The van der Waals surface area contributed by atoms with E-state index in [0.717, 1.165) is 4.90 Å². The number of fused-ring (bicyclic) bond motifs is 1. The molecule has 0 unspecified atom stereocenters. The average molecular weight is 368 g/mol. The smallest absolute Gasteiger partial charge is 0.344 e. The number of nitrogens with zero attached hydrogens (tertiary/aromatic N) is 1. The molecule has 2 N–H and O–H groups in total. The second-order valence-corrected chi connectivity index (χ2v) is 5.68. The Hall–Kier alpha value is -3.68. The molecule has 1 aliphatic rings. The summed E-state index contributed by atoms with van der Waals surface area (Å²) in [6.07, 6.45) is 0. The summed E-state index contributed by atoms with van der Waals surface area (Å²) >= 11 is 0. The highest BCUT2D eigenvalue weighted by molar-refractivity contribution is 6.21. The SMILES string of the molecule is NC(=O)c1ccccc1OCC(=O)OCCN1C(=O)c2ccccc2C1=O. The maximum absolute atomic E-state index is 12.2. The van der Waals surface area contributed by atoms with E-state index in [1.165, 1.54) is 12.1 Å². The van der Waals surface area contributed by atoms with Crippen LogP contribution < -0.4 is 10.5 Å². The summed E-state index contributed by atoms with van der Waals surface area (Å²) in [4.78, 5) is 48.5. The number of amides is 3. The minimum Gasteiger partial charge on any atom is -0.481 e. The van der Waals surface area contributed by atoms with Crippen LogP contribution in [0.4, 0.5) is 0 Å². The second kappa shape index (κ2) is 7.69. The summed E-state index contributed by atoms with van der Waals surface area (Å²) in [5.74, 6) is -2.05. The van der Waals surface area contributed by atoms with E-state index < -0.39 is 30.3 Å². The maximum atomic E-state index is 12.2. The molecule has 138 valence electrons. The van der Waals surface area contributed by atoms with Crippen molar-refractivity contribution in [3.05, 3.63) is 65.2 Å². The van der Waals surface area contributed by atoms with Gasteiger partial charge in [0.2, 0.25) is 0 Å². The molecule has 1 heterocycles. The van der Waals surface area contributed by atoms with Crippen LogP contribution in [0.5, 0.6) is 5.75 Å². The summed E-state index contributed by atoms with van der Waals surface area (Å²) in [6.45, 7) is -0.659. The van der Waals surface area contributed by atoms with Crippen LogP contribution in [0.15, 0.2) is 48.5 Å². The van der Waals surface area contributed by atoms with Gasteiger partial charge in [-0.25, -0.2) is 4.79 Å². The number of esters is 1. The molecule has 8 heteroatoms. The van der Waals surface area contributed by atoms with Crippen molar-refractivity contribution < 1.29 is 28.7 Å². The Balaban J connectivity index is 1.49. The van der Waals surface area contributed by atoms with Crippen molar-refractivity contribution in [2.75, 3.05) is 19.8 Å². The van der Waals surface area contributed by atoms with Crippen molar-refractivity contribution in [3.63, 3.8) is 0 Å². The fourth-order valence-corrected chi connectivity index (χ4v) is 2.67. The number of hydrogen-bond acceptors (Lipinski definition) is 6. The predicted octanol–water partition coefficient (Wildman–Crippen LogP) is 1.00. The van der Waals surface area contributed by atoms with Crippen LogP contribution in [0.1, 0.15) is 31.1 Å². The molecule has 0 radical (unpaired) electrons. The number of carbonyl (C=O) groups is 4. The van der Waals surface area contributed by atoms with Gasteiger partial charge in [-0.05, 0) is 24.3 Å². The van der Waals surface area contributed by atoms with Crippen molar-refractivity contribution in [2.24, 2.45) is 5.73 Å². The lowest BCUT2D eigenvalue weighted by Crippen LogP contribution is -2.34. The molecule has 0 saturated heterocycles. The average Bonchev–Trinajstić information content (AvgIpc) is 2.91. The van der Waals surface area contributed by atoms with Crippen molar-refractivity contribution in [1.29, 1.82) is 0 Å². The van der Waals surface area contributed by atoms with Gasteiger partial charge in [0.1, 0.15) is 12.4 Å². The number of primary amides is 1. The monoisotopic (exact) mass is 368 g/mol. The molecule has 0 spiro atoms. The van der Waals surface area contributed by atoms with Gasteiger partial charge in [-0.15, -0.1) is 0 Å². The van der Waals surface area contributed by atoms with E-state index in [-0.39, 0.29) is 24.5 Å². The Morgan fingerprint density at radius 1 is 0.926 bits per heavy atom. The molecule has 27 heavy (non-hydrogen) atoms. The van der Waals surface area contributed by atoms with Crippen molar-refractivity contribution in [1.82, 2.24) is 4.90 Å². The molecule has 0 aromatic heterocycles. The van der Waals surface area contributed by atoms with E-state index in [4.69, 9.17) is 15.2 Å². The van der Waals surface area contributed by atoms with Gasteiger partial charge in [0.05, 0.1) is 23.2 Å². The van der Waals surface area contributed by atoms with E-state index in [0.29, 0.717) is 11.1 Å². The summed E-state index contributed by atoms with van der Waals surface area (Å²) in [7, 11) is 0. The lowest BCUT2D eigenvalue weighted by atomic mass is 10.1. The van der Waals surface area contributed by atoms with Gasteiger partial charge < -0.3 is 15.2 Å². The summed E-state index contributed by atoms with van der Waals surface area (Å²) in [6, 6.07) is 12.7. The zero-order valence-electron chi connectivity index (χ0n) is 14.2. The fraction of sp³-hybridized carbons (Fsp3) is 0.158. The Morgan fingerprint density at radius 3 is 2.15 bits per heavy atom. The van der Waals surface area contributed by atoms with E-state index in [1.807, 2.05) is 0 Å². The molecule has 2 aromatic rings. The highest BCUT2D eigenvalue weighted by atomic mass is 16.6. The third kappa shape index (κ3) is 3.79. The number of rotatable bonds is 7. The lowest BCUT2D eigenvalue weighted by Gasteiger charge is -2.14. The number of imide groups is 1. The molecule has 0 aliphatic carbocycles. The van der Waals surface area contributed by atoms with Crippen LogP contribution in [-0.4, -0.2) is 48.3 Å². The second-order valence-electron chi connectivity index (χ2n) is 5.68. The minimum atomic E-state index is -0.703. The van der Waals surface area contributed by atoms with Crippen LogP contribution in [0.25, 0.3) is 0 Å².